The summed E-state index contributed by atoms with van der Waals surface area (Å²) in [6.07, 6.45) is 60.2. The molecule has 4 atom stereocenters. The Kier molecular flexibility index (Phi) is 43.2. The lowest BCUT2D eigenvalue weighted by atomic mass is 9.92. The Balaban J connectivity index is 0.000000210. The number of carbonyl (C=O) groups excluding carboxylic acids is 1. The number of rotatable bonds is 59. The number of halogens is 2. The molecule has 12 aromatic heterocycles. The molecule has 4 aromatic carbocycles. The minimum absolute atomic E-state index is 0.557. The highest BCUT2D eigenvalue weighted by Crippen LogP contribution is 2.59. The lowest BCUT2D eigenvalue weighted by molar-refractivity contribution is 0.112. The van der Waals surface area contributed by atoms with Gasteiger partial charge in [-0.15, -0.1) is 103 Å². The van der Waals surface area contributed by atoms with E-state index in [2.05, 4.69) is 118 Å². The summed E-state index contributed by atoms with van der Waals surface area (Å²) < 4.78 is 53.3. The molecule has 10 nitrogen and oxygen atoms in total. The maximum absolute atomic E-state index is 12.8. The average Bonchev–Trinajstić information content (AvgIpc) is 1.50. The third-order valence-electron chi connectivity index (χ3n) is 28.8. The molecule has 12 heterocycles. The van der Waals surface area contributed by atoms with Crippen LogP contribution in [-0.4, -0.2) is 60.1 Å². The highest BCUT2D eigenvalue weighted by Gasteiger charge is 2.34. The largest absolute Gasteiger partial charge is 0.487 e. The van der Waals surface area contributed by atoms with Gasteiger partial charge in [-0.3, -0.25) is 4.79 Å². The maximum Gasteiger partial charge on any atom is 0.177 e. The van der Waals surface area contributed by atoms with Crippen molar-refractivity contribution in [2.75, 3.05) is 18.9 Å². The van der Waals surface area contributed by atoms with Crippen LogP contribution in [0.1, 0.15) is 394 Å². The molecule has 0 aliphatic rings. The monoisotopic (exact) mass is 2090 g/mol. The van der Waals surface area contributed by atoms with Crippen molar-refractivity contribution in [2.45, 2.75) is 391 Å². The van der Waals surface area contributed by atoms with Crippen LogP contribution < -0.4 is 4.74 Å². The van der Waals surface area contributed by atoms with Crippen LogP contribution in [0.4, 0.5) is 0 Å². The fourth-order valence-electron chi connectivity index (χ4n) is 21.0. The Hall–Kier alpha value is -4.63. The SMILES string of the molecule is CCCCCCCCc1c(-c2cc(CC(CC)CCCC)c(C=O)s2)sc2c1c1nsnc1c1c3sc(-c4cc(CC(CC)CCCC)c(OC)s4)c(CCCCCCCC)c3c3nsnc3c21.CCCCCCCCc1c(-c2cc(CC(CC)CCCC)cs2)sc2c1c1nsnc1c1c3sc(-c4cc(CC(CC)CCCC)cs4)c(CCCCCCCC)c3c3nsnc3c21.ClCCCl. The van der Waals surface area contributed by atoms with Crippen molar-refractivity contribution in [1.82, 2.24) is 35.0 Å². The number of aryl methyl sites for hydroxylation is 4. The third kappa shape index (κ3) is 25.3. The van der Waals surface area contributed by atoms with E-state index in [1.165, 1.54) is 443 Å². The second-order valence-corrected chi connectivity index (χ2v) is 49.5. The molecule has 24 heteroatoms. The van der Waals surface area contributed by atoms with Crippen molar-refractivity contribution in [1.29, 1.82) is 0 Å². The summed E-state index contributed by atoms with van der Waals surface area (Å²) in [6, 6.07) is 9.95. The summed E-state index contributed by atoms with van der Waals surface area (Å²) in [7, 11) is 1.85. The highest BCUT2D eigenvalue weighted by molar-refractivity contribution is 7.30. The first-order valence-corrected chi connectivity index (χ1v) is 63.5. The molecular formula is C112H150Cl2N8O2S12. The molecule has 4 unspecified atom stereocenters. The van der Waals surface area contributed by atoms with Gasteiger partial charge in [-0.25, -0.2) is 0 Å². The second kappa shape index (κ2) is 54.9. The number of aromatic nitrogens is 8. The van der Waals surface area contributed by atoms with Crippen LogP contribution in [0.2, 0.25) is 0 Å². The first kappa shape index (κ1) is 107. The lowest BCUT2D eigenvalue weighted by Gasteiger charge is -2.14. The maximum atomic E-state index is 12.8. The number of benzene rings is 4. The summed E-state index contributed by atoms with van der Waals surface area (Å²) in [5.74, 6) is 3.86. The number of unbranched alkanes of at least 4 members (excludes halogenated alkanes) is 24. The summed E-state index contributed by atoms with van der Waals surface area (Å²) in [5, 5.41) is 16.1. The number of thiophene rings is 8. The number of nitrogens with zero attached hydrogens (tertiary/aromatic N) is 8. The van der Waals surface area contributed by atoms with E-state index in [0.29, 0.717) is 23.6 Å². The molecule has 16 rings (SSSR count). The van der Waals surface area contributed by atoms with Crippen molar-refractivity contribution < 1.29 is 9.53 Å². The Morgan fingerprint density at radius 2 is 0.566 bits per heavy atom. The molecule has 0 amide bonds. The van der Waals surface area contributed by atoms with Crippen molar-refractivity contribution in [3.8, 4) is 44.1 Å². The second-order valence-electron chi connectivity index (χ2n) is 38.6. The van der Waals surface area contributed by atoms with E-state index in [1.807, 2.05) is 86.5 Å². The van der Waals surface area contributed by atoms with Gasteiger partial charge in [-0.05, 0) is 175 Å². The number of hydrogen-bond acceptors (Lipinski definition) is 22. The molecule has 0 saturated carbocycles. The van der Waals surface area contributed by atoms with Gasteiger partial charge in [0.25, 0.3) is 0 Å². The van der Waals surface area contributed by atoms with Crippen LogP contribution in [0.5, 0.6) is 5.06 Å². The summed E-state index contributed by atoms with van der Waals surface area (Å²) >= 11 is 30.9. The Bertz CT molecular complexity index is 6220. The van der Waals surface area contributed by atoms with Crippen molar-refractivity contribution in [3.63, 3.8) is 0 Å². The van der Waals surface area contributed by atoms with Gasteiger partial charge in [0.05, 0.1) is 58.9 Å². The fraction of sp³-hybridized carbons (Fsp3) is 0.598. The third-order valence-corrected chi connectivity index (χ3v) is 41.4. The number of ether oxygens (including phenoxy) is 1. The van der Waals surface area contributed by atoms with Gasteiger partial charge in [0, 0.05) is 118 Å². The number of alkyl halides is 2. The summed E-state index contributed by atoms with van der Waals surface area (Å²) in [5.41, 5.74) is 19.8. The molecule has 0 aliphatic heterocycles. The lowest BCUT2D eigenvalue weighted by Crippen LogP contribution is -2.04. The van der Waals surface area contributed by atoms with Gasteiger partial charge in [0.2, 0.25) is 0 Å². The number of hydrogen-bond donors (Lipinski definition) is 0. The van der Waals surface area contributed by atoms with Gasteiger partial charge in [0.15, 0.2) is 11.3 Å². The van der Waals surface area contributed by atoms with E-state index in [4.69, 9.17) is 62.9 Å². The molecule has 0 N–H and O–H groups in total. The van der Waals surface area contributed by atoms with E-state index in [-0.39, 0.29) is 0 Å². The van der Waals surface area contributed by atoms with Gasteiger partial charge in [0.1, 0.15) is 44.1 Å². The molecule has 136 heavy (non-hydrogen) atoms. The highest BCUT2D eigenvalue weighted by atomic mass is 35.5. The number of aldehydes is 1. The molecule has 736 valence electrons. The molecule has 0 saturated heterocycles. The summed E-state index contributed by atoms with van der Waals surface area (Å²) in [6.45, 7) is 27.9. The van der Waals surface area contributed by atoms with Gasteiger partial charge >= 0.3 is 0 Å². The molecule has 0 spiro atoms. The van der Waals surface area contributed by atoms with Crippen LogP contribution in [-0.2, 0) is 51.4 Å². The first-order valence-electron chi connectivity index (χ1n) is 52.8. The topological polar surface area (TPSA) is 129 Å². The van der Waals surface area contributed by atoms with Gasteiger partial charge in [-0.2, -0.15) is 35.0 Å². The zero-order valence-electron chi connectivity index (χ0n) is 83.8. The quantitative estimate of drug-likeness (QED) is 0.0206. The standard InChI is InChI=1S/C56H74N4O2S6.C54H72N4S6.C2H4Cl2/c1-8-14-18-20-22-24-28-39-44-48-51(60-67-57-48)47-46(54(44)65-52(39)41-32-37(43(34-61)63-41)30-35(12-5)26-16-10-3)50-49(58-68-59-50)45-40(29-25-23-21-19-15-9-2)53(66-55(45)47)42-33-38(56(62-7)64-42)31-36(13-6)27-17-11-4;1-7-13-17-19-21-23-27-39-43-47-49(57-63-55-47)46-45(53(43)61-51(39)41-31-37(33-59-41)29-35(11-5)25-15-9-3)50-48(56-64-58-50)44-40(28-24-22-20-18-14-8-2)52(62-54(44)46)42-32-38(34-60-42)30-36(12-6)26-16-10-4;3-1-2-4/h32-36H,8-31H2,1-7H3;31-36H,7-30H2,1-6H3;1-2H2. The zero-order valence-corrected chi connectivity index (χ0v) is 95.1. The Morgan fingerprint density at radius 3 is 0.853 bits per heavy atom. The number of methoxy groups -OCH3 is 1. The first-order chi connectivity index (χ1) is 66.9. The van der Waals surface area contributed by atoms with E-state index < -0.39 is 0 Å². The smallest absolute Gasteiger partial charge is 0.177 e. The van der Waals surface area contributed by atoms with E-state index in [0.717, 1.165) is 130 Å². The van der Waals surface area contributed by atoms with Crippen LogP contribution in [0, 0.1) is 23.7 Å². The predicted molar refractivity (Wildman–Crippen MR) is 616 cm³/mol. The van der Waals surface area contributed by atoms with Crippen molar-refractivity contribution >= 4 is 273 Å². The van der Waals surface area contributed by atoms with E-state index >= 15 is 0 Å². The molecular weight excluding hydrogens is 1940 g/mol. The average molecular weight is 2100 g/mol. The van der Waals surface area contributed by atoms with Gasteiger partial charge in [-0.1, -0.05) is 326 Å². The van der Waals surface area contributed by atoms with Crippen LogP contribution in [0.25, 0.3) is 145 Å². The van der Waals surface area contributed by atoms with Crippen LogP contribution >= 0.6 is 161 Å². The Labute approximate surface area is 871 Å². The van der Waals surface area contributed by atoms with Crippen molar-refractivity contribution in [2.24, 2.45) is 23.7 Å². The summed E-state index contributed by atoms with van der Waals surface area (Å²) in [4.78, 5) is 24.7. The van der Waals surface area contributed by atoms with E-state index in [1.54, 1.807) is 11.3 Å². The van der Waals surface area contributed by atoms with E-state index in [9.17, 15) is 4.79 Å². The van der Waals surface area contributed by atoms with Crippen LogP contribution in [0.3, 0.4) is 0 Å². The number of carbonyl (C=O) groups is 1. The Morgan fingerprint density at radius 1 is 0.301 bits per heavy atom. The predicted octanol–water partition coefficient (Wildman–Crippen LogP) is 41.4. The molecule has 0 fully saturated rings. The van der Waals surface area contributed by atoms with Crippen molar-refractivity contribution in [3.05, 3.63) is 84.4 Å². The molecule has 0 bridgehead atoms. The van der Waals surface area contributed by atoms with Crippen LogP contribution in [0.15, 0.2) is 35.0 Å². The molecule has 0 radical (unpaired) electrons. The normalized spacial score (nSPS) is 13.0. The fourth-order valence-corrected chi connectivity index (χ4v) is 33.3. The minimum Gasteiger partial charge on any atom is -0.487 e. The molecule has 16 aromatic rings. The number of fused-ring (bicyclic) bond motifs is 22. The molecule has 0 aliphatic carbocycles. The van der Waals surface area contributed by atoms with Gasteiger partial charge < -0.3 is 4.74 Å². The minimum atomic E-state index is 0.557. The zero-order chi connectivity index (χ0) is 95.4.